The van der Waals surface area contributed by atoms with Gasteiger partial charge in [0.25, 0.3) is 0 Å². The number of amides is 1. The van der Waals surface area contributed by atoms with Gasteiger partial charge >= 0.3 is 6.18 Å². The highest BCUT2D eigenvalue weighted by Gasteiger charge is 2.38. The zero-order valence-electron chi connectivity index (χ0n) is 11.8. The van der Waals surface area contributed by atoms with E-state index in [4.69, 9.17) is 5.73 Å². The first kappa shape index (κ1) is 15.0. The second-order valence-corrected chi connectivity index (χ2v) is 4.97. The zero-order valence-corrected chi connectivity index (χ0v) is 11.8. The average molecular weight is 316 g/mol. The van der Waals surface area contributed by atoms with Crippen molar-refractivity contribution >= 4 is 16.8 Å². The summed E-state index contributed by atoms with van der Waals surface area (Å²) in [6, 6.07) is 12.2. The first-order valence-electron chi connectivity index (χ1n) is 6.73. The van der Waals surface area contributed by atoms with Crippen molar-refractivity contribution in [1.29, 1.82) is 0 Å². The van der Waals surface area contributed by atoms with Gasteiger partial charge in [0.1, 0.15) is 0 Å². The number of benzene rings is 2. The highest BCUT2D eigenvalue weighted by atomic mass is 19.4. The van der Waals surface area contributed by atoms with Crippen molar-refractivity contribution in [2.24, 2.45) is 5.73 Å². The summed E-state index contributed by atoms with van der Waals surface area (Å²) >= 11 is 0. The minimum Gasteiger partial charge on any atom is -0.366 e. The molecule has 0 unspecified atom stereocenters. The Hall–Kier alpha value is -2.89. The van der Waals surface area contributed by atoms with Gasteiger partial charge in [0.15, 0.2) is 0 Å². The van der Waals surface area contributed by atoms with Crippen LogP contribution in [-0.4, -0.2) is 10.9 Å². The van der Waals surface area contributed by atoms with Crippen LogP contribution in [0.25, 0.3) is 22.0 Å². The van der Waals surface area contributed by atoms with E-state index in [0.29, 0.717) is 16.5 Å². The van der Waals surface area contributed by atoms with E-state index in [2.05, 4.69) is 4.98 Å². The van der Waals surface area contributed by atoms with Crippen LogP contribution >= 0.6 is 0 Å². The van der Waals surface area contributed by atoms with Gasteiger partial charge in [-0.25, -0.2) is 0 Å². The molecular formula is C17H11F3N2O. The SMILES string of the molecule is NC(=O)c1cccc(-c2cccc3cccnc23)c1C(F)(F)F. The first-order valence-corrected chi connectivity index (χ1v) is 6.73. The molecule has 0 radical (unpaired) electrons. The van der Waals surface area contributed by atoms with E-state index in [1.54, 1.807) is 30.3 Å². The maximum Gasteiger partial charge on any atom is 0.417 e. The summed E-state index contributed by atoms with van der Waals surface area (Å²) < 4.78 is 40.6. The zero-order chi connectivity index (χ0) is 16.6. The number of alkyl halides is 3. The number of hydrogen-bond donors (Lipinski definition) is 1. The van der Waals surface area contributed by atoms with Gasteiger partial charge in [0.05, 0.1) is 16.6 Å². The Kier molecular flexibility index (Phi) is 3.52. The maximum absolute atomic E-state index is 13.5. The molecule has 0 atom stereocenters. The summed E-state index contributed by atoms with van der Waals surface area (Å²) in [6.45, 7) is 0. The lowest BCUT2D eigenvalue weighted by atomic mass is 9.93. The Morgan fingerprint density at radius 2 is 1.61 bits per heavy atom. The van der Waals surface area contributed by atoms with Gasteiger partial charge < -0.3 is 5.73 Å². The van der Waals surface area contributed by atoms with E-state index >= 15 is 0 Å². The molecule has 3 nitrogen and oxygen atoms in total. The second kappa shape index (κ2) is 5.39. The van der Waals surface area contributed by atoms with Crippen LogP contribution in [0.5, 0.6) is 0 Å². The van der Waals surface area contributed by atoms with Crippen LogP contribution in [0.3, 0.4) is 0 Å². The predicted octanol–water partition coefficient (Wildman–Crippen LogP) is 4.02. The molecule has 2 N–H and O–H groups in total. The molecule has 0 bridgehead atoms. The van der Waals surface area contributed by atoms with E-state index in [-0.39, 0.29) is 5.56 Å². The Bertz CT molecular complexity index is 898. The highest BCUT2D eigenvalue weighted by Crippen LogP contribution is 2.40. The molecule has 0 saturated carbocycles. The number of para-hydroxylation sites is 1. The van der Waals surface area contributed by atoms with Crippen molar-refractivity contribution in [1.82, 2.24) is 4.98 Å². The van der Waals surface area contributed by atoms with Crippen molar-refractivity contribution in [2.45, 2.75) is 6.18 Å². The largest absolute Gasteiger partial charge is 0.417 e. The highest BCUT2D eigenvalue weighted by molar-refractivity contribution is 6.00. The normalized spacial score (nSPS) is 11.6. The number of primary amides is 1. The van der Waals surface area contributed by atoms with Crippen LogP contribution in [0.4, 0.5) is 13.2 Å². The van der Waals surface area contributed by atoms with Crippen LogP contribution in [0, 0.1) is 0 Å². The van der Waals surface area contributed by atoms with Crippen LogP contribution in [0.1, 0.15) is 15.9 Å². The minimum atomic E-state index is -4.71. The summed E-state index contributed by atoms with van der Waals surface area (Å²) in [6.07, 6.45) is -3.20. The topological polar surface area (TPSA) is 56.0 Å². The summed E-state index contributed by atoms with van der Waals surface area (Å²) in [5.74, 6) is -1.12. The number of hydrogen-bond acceptors (Lipinski definition) is 2. The van der Waals surface area contributed by atoms with Gasteiger partial charge in [-0.05, 0) is 17.7 Å². The lowest BCUT2D eigenvalue weighted by molar-refractivity contribution is -0.137. The number of fused-ring (bicyclic) bond motifs is 1. The minimum absolute atomic E-state index is 0.113. The molecule has 0 aliphatic heterocycles. The van der Waals surface area contributed by atoms with Gasteiger partial charge in [-0.2, -0.15) is 13.2 Å². The lowest BCUT2D eigenvalue weighted by Gasteiger charge is -2.17. The third-order valence-electron chi connectivity index (χ3n) is 3.54. The van der Waals surface area contributed by atoms with Crippen molar-refractivity contribution in [3.8, 4) is 11.1 Å². The molecule has 0 fully saturated rings. The van der Waals surface area contributed by atoms with Crippen LogP contribution < -0.4 is 5.73 Å². The molecular weight excluding hydrogens is 305 g/mol. The first-order chi connectivity index (χ1) is 10.9. The number of nitrogens with zero attached hydrogens (tertiary/aromatic N) is 1. The lowest BCUT2D eigenvalue weighted by Crippen LogP contribution is -2.19. The van der Waals surface area contributed by atoms with Gasteiger partial charge in [0.2, 0.25) is 5.91 Å². The molecule has 0 aliphatic rings. The summed E-state index contributed by atoms with van der Waals surface area (Å²) in [5, 5.41) is 0.711. The second-order valence-electron chi connectivity index (χ2n) is 4.97. The number of aromatic nitrogens is 1. The van der Waals surface area contributed by atoms with E-state index < -0.39 is 23.2 Å². The number of pyridine rings is 1. The van der Waals surface area contributed by atoms with Crippen LogP contribution in [-0.2, 0) is 6.18 Å². The van der Waals surface area contributed by atoms with Gasteiger partial charge in [0, 0.05) is 17.1 Å². The van der Waals surface area contributed by atoms with Crippen LogP contribution in [0.15, 0.2) is 54.7 Å². The summed E-state index contributed by atoms with van der Waals surface area (Å²) in [5.41, 5.74) is 4.15. The van der Waals surface area contributed by atoms with Crippen LogP contribution in [0.2, 0.25) is 0 Å². The van der Waals surface area contributed by atoms with E-state index in [0.717, 1.165) is 6.07 Å². The van der Waals surface area contributed by atoms with Gasteiger partial charge in [-0.15, -0.1) is 0 Å². The maximum atomic E-state index is 13.5. The number of carbonyl (C=O) groups is 1. The van der Waals surface area contributed by atoms with E-state index in [9.17, 15) is 18.0 Å². The monoisotopic (exact) mass is 316 g/mol. The molecule has 2 aromatic carbocycles. The molecule has 0 aliphatic carbocycles. The quantitative estimate of drug-likeness (QED) is 0.776. The summed E-state index contributed by atoms with van der Waals surface area (Å²) in [7, 11) is 0. The molecule has 3 aromatic rings. The third kappa shape index (κ3) is 2.63. The fourth-order valence-corrected chi connectivity index (χ4v) is 2.61. The number of nitrogens with two attached hydrogens (primary N) is 1. The van der Waals surface area contributed by atoms with Crippen molar-refractivity contribution in [3.63, 3.8) is 0 Å². The van der Waals surface area contributed by atoms with Crippen molar-refractivity contribution < 1.29 is 18.0 Å². The number of rotatable bonds is 2. The van der Waals surface area contributed by atoms with Crippen molar-refractivity contribution in [2.75, 3.05) is 0 Å². The van der Waals surface area contributed by atoms with Gasteiger partial charge in [-0.3, -0.25) is 9.78 Å². The Morgan fingerprint density at radius 1 is 0.957 bits per heavy atom. The van der Waals surface area contributed by atoms with Crippen molar-refractivity contribution in [3.05, 3.63) is 65.9 Å². The molecule has 116 valence electrons. The number of carbonyl (C=O) groups excluding carboxylic acids is 1. The smallest absolute Gasteiger partial charge is 0.366 e. The van der Waals surface area contributed by atoms with E-state index in [1.807, 2.05) is 0 Å². The summed E-state index contributed by atoms with van der Waals surface area (Å²) in [4.78, 5) is 15.6. The van der Waals surface area contributed by atoms with E-state index in [1.165, 1.54) is 18.3 Å². The third-order valence-corrected chi connectivity index (χ3v) is 3.54. The van der Waals surface area contributed by atoms with Gasteiger partial charge in [-0.1, -0.05) is 36.4 Å². The molecule has 1 heterocycles. The average Bonchev–Trinajstić information content (AvgIpc) is 2.52. The molecule has 1 amide bonds. The fraction of sp³-hybridized carbons (Fsp3) is 0.0588. The Labute approximate surface area is 129 Å². The molecule has 3 rings (SSSR count). The fourth-order valence-electron chi connectivity index (χ4n) is 2.61. The Balaban J connectivity index is 2.40. The molecule has 1 aromatic heterocycles. The predicted molar refractivity (Wildman–Crippen MR) is 80.7 cm³/mol. The standard InChI is InChI=1S/C17H11F3N2O/c18-17(19,20)14-11(6-2-8-13(14)16(21)23)12-7-1-4-10-5-3-9-22-15(10)12/h1-9H,(H2,21,23). The molecule has 6 heteroatoms. The molecule has 0 spiro atoms. The Morgan fingerprint density at radius 3 is 2.30 bits per heavy atom. The number of halogens is 3. The molecule has 23 heavy (non-hydrogen) atoms. The molecule has 0 saturated heterocycles.